The van der Waals surface area contributed by atoms with Crippen LogP contribution in [0.15, 0.2) is 34.7 Å². The molecule has 0 bridgehead atoms. The van der Waals surface area contributed by atoms with Crippen LogP contribution in [0, 0.1) is 0 Å². The van der Waals surface area contributed by atoms with Gasteiger partial charge in [0.25, 0.3) is 5.91 Å². The highest BCUT2D eigenvalue weighted by Crippen LogP contribution is 2.38. The normalized spacial score (nSPS) is 13.7. The zero-order valence-corrected chi connectivity index (χ0v) is 13.6. The number of aromatic carboxylic acids is 1. The molecule has 6 heteroatoms. The van der Waals surface area contributed by atoms with Crippen molar-refractivity contribution in [3.8, 4) is 0 Å². The quantitative estimate of drug-likeness (QED) is 0.743. The van der Waals surface area contributed by atoms with E-state index in [1.807, 2.05) is 18.2 Å². The molecule has 0 unspecified atom stereocenters. The number of fused-ring (bicyclic) bond motifs is 2. The lowest BCUT2D eigenvalue weighted by Crippen LogP contribution is -2.13. The topological polar surface area (TPSA) is 79.5 Å². The number of furan rings is 1. The molecular weight excluding hydrogens is 326 g/mol. The Morgan fingerprint density at radius 1 is 1.17 bits per heavy atom. The van der Waals surface area contributed by atoms with E-state index in [-0.39, 0.29) is 11.3 Å². The number of carboxylic acids is 1. The summed E-state index contributed by atoms with van der Waals surface area (Å²) >= 11 is 1.37. The van der Waals surface area contributed by atoms with Crippen LogP contribution in [0.25, 0.3) is 11.0 Å². The Bertz CT molecular complexity index is 920. The molecule has 0 spiro atoms. The zero-order chi connectivity index (χ0) is 16.7. The number of hydrogen-bond donors (Lipinski definition) is 2. The second kappa shape index (κ2) is 5.79. The molecular formula is C18H15NO4S. The number of hydrogen-bond acceptors (Lipinski definition) is 4. The summed E-state index contributed by atoms with van der Waals surface area (Å²) in [6, 6.07) is 9.03. The van der Waals surface area contributed by atoms with E-state index in [0.29, 0.717) is 10.6 Å². The molecule has 2 aromatic heterocycles. The van der Waals surface area contributed by atoms with Gasteiger partial charge in [-0.25, -0.2) is 4.79 Å². The molecule has 1 aliphatic rings. The molecule has 1 amide bonds. The van der Waals surface area contributed by atoms with Crippen LogP contribution < -0.4 is 5.32 Å². The number of carbonyl (C=O) groups excluding carboxylic acids is 1. The van der Waals surface area contributed by atoms with Crippen LogP contribution in [0.2, 0.25) is 0 Å². The average molecular weight is 341 g/mol. The number of aryl methyl sites for hydroxylation is 1. The smallest absolute Gasteiger partial charge is 0.339 e. The lowest BCUT2D eigenvalue weighted by molar-refractivity contribution is 0.0697. The zero-order valence-electron chi connectivity index (χ0n) is 12.8. The van der Waals surface area contributed by atoms with Gasteiger partial charge in [0.15, 0.2) is 5.76 Å². The van der Waals surface area contributed by atoms with Crippen LogP contribution in [0.5, 0.6) is 0 Å². The lowest BCUT2D eigenvalue weighted by atomic mass is 9.95. The SMILES string of the molecule is O=C(Nc1sc2c(c1C(=O)O)CCCC2)c1cc2ccccc2o1. The van der Waals surface area contributed by atoms with E-state index in [2.05, 4.69) is 5.32 Å². The van der Waals surface area contributed by atoms with Crippen molar-refractivity contribution < 1.29 is 19.1 Å². The fourth-order valence-electron chi connectivity index (χ4n) is 3.14. The summed E-state index contributed by atoms with van der Waals surface area (Å²) in [5.74, 6) is -1.24. The predicted octanol–water partition coefficient (Wildman–Crippen LogP) is 4.32. The highest BCUT2D eigenvalue weighted by molar-refractivity contribution is 7.17. The van der Waals surface area contributed by atoms with Gasteiger partial charge in [-0.05, 0) is 43.4 Å². The van der Waals surface area contributed by atoms with Crippen molar-refractivity contribution in [2.75, 3.05) is 5.32 Å². The Labute approximate surface area is 141 Å². The molecule has 4 rings (SSSR count). The number of rotatable bonds is 3. The predicted molar refractivity (Wildman–Crippen MR) is 92.1 cm³/mol. The molecule has 2 N–H and O–H groups in total. The molecule has 0 saturated carbocycles. The van der Waals surface area contributed by atoms with Gasteiger partial charge in [0.2, 0.25) is 0 Å². The second-order valence-electron chi connectivity index (χ2n) is 5.82. The first-order valence-corrected chi connectivity index (χ1v) is 8.63. The summed E-state index contributed by atoms with van der Waals surface area (Å²) in [6.07, 6.45) is 3.68. The van der Waals surface area contributed by atoms with E-state index >= 15 is 0 Å². The Morgan fingerprint density at radius 2 is 1.96 bits per heavy atom. The maximum atomic E-state index is 12.5. The minimum atomic E-state index is -0.991. The van der Waals surface area contributed by atoms with E-state index in [9.17, 15) is 14.7 Å². The van der Waals surface area contributed by atoms with E-state index in [1.54, 1.807) is 12.1 Å². The molecule has 24 heavy (non-hydrogen) atoms. The molecule has 2 heterocycles. The largest absolute Gasteiger partial charge is 0.478 e. The van der Waals surface area contributed by atoms with Crippen molar-refractivity contribution >= 4 is 39.2 Å². The summed E-state index contributed by atoms with van der Waals surface area (Å²) < 4.78 is 5.55. The van der Waals surface area contributed by atoms with Gasteiger partial charge in [0.05, 0.1) is 5.56 Å². The number of thiophene rings is 1. The summed E-state index contributed by atoms with van der Waals surface area (Å²) in [6.45, 7) is 0. The average Bonchev–Trinajstić information content (AvgIpc) is 3.15. The number of carboxylic acid groups (broad SMARTS) is 1. The molecule has 1 aromatic carbocycles. The van der Waals surface area contributed by atoms with Crippen molar-refractivity contribution in [3.63, 3.8) is 0 Å². The Balaban J connectivity index is 1.68. The molecule has 0 saturated heterocycles. The van der Waals surface area contributed by atoms with E-state index in [1.165, 1.54) is 11.3 Å². The van der Waals surface area contributed by atoms with Gasteiger partial charge in [0.1, 0.15) is 10.6 Å². The fraction of sp³-hybridized carbons (Fsp3) is 0.222. The summed E-state index contributed by atoms with van der Waals surface area (Å²) in [5, 5.41) is 13.5. The molecule has 0 atom stereocenters. The summed E-state index contributed by atoms with van der Waals surface area (Å²) in [4.78, 5) is 25.2. The number of nitrogens with one attached hydrogen (secondary N) is 1. The third-order valence-electron chi connectivity index (χ3n) is 4.26. The van der Waals surface area contributed by atoms with Crippen molar-refractivity contribution in [3.05, 3.63) is 52.1 Å². The molecule has 122 valence electrons. The highest BCUT2D eigenvalue weighted by atomic mass is 32.1. The third kappa shape index (κ3) is 2.49. The molecule has 0 aliphatic heterocycles. The Morgan fingerprint density at radius 3 is 2.75 bits per heavy atom. The minimum Gasteiger partial charge on any atom is -0.478 e. The van der Waals surface area contributed by atoms with Crippen molar-refractivity contribution in [2.24, 2.45) is 0 Å². The van der Waals surface area contributed by atoms with Crippen LogP contribution in [-0.4, -0.2) is 17.0 Å². The van der Waals surface area contributed by atoms with Crippen LogP contribution >= 0.6 is 11.3 Å². The van der Waals surface area contributed by atoms with Gasteiger partial charge in [-0.2, -0.15) is 0 Å². The van der Waals surface area contributed by atoms with Crippen molar-refractivity contribution in [2.45, 2.75) is 25.7 Å². The fourth-order valence-corrected chi connectivity index (χ4v) is 4.42. The Kier molecular flexibility index (Phi) is 3.61. The first kappa shape index (κ1) is 15.0. The monoisotopic (exact) mass is 341 g/mol. The maximum absolute atomic E-state index is 12.5. The number of para-hydroxylation sites is 1. The number of amides is 1. The minimum absolute atomic E-state index is 0.180. The van der Waals surface area contributed by atoms with Crippen molar-refractivity contribution in [1.29, 1.82) is 0 Å². The number of anilines is 1. The standard InChI is InChI=1S/C18H15NO4S/c20-16(13-9-10-5-1-3-7-12(10)23-13)19-17-15(18(21)22)11-6-2-4-8-14(11)24-17/h1,3,5,7,9H,2,4,6,8H2,(H,19,20)(H,21,22). The van der Waals surface area contributed by atoms with Gasteiger partial charge in [-0.3, -0.25) is 4.79 Å². The van der Waals surface area contributed by atoms with Gasteiger partial charge in [0, 0.05) is 10.3 Å². The van der Waals surface area contributed by atoms with Gasteiger partial charge < -0.3 is 14.8 Å². The van der Waals surface area contributed by atoms with Crippen LogP contribution in [-0.2, 0) is 12.8 Å². The van der Waals surface area contributed by atoms with E-state index in [4.69, 9.17) is 4.42 Å². The van der Waals surface area contributed by atoms with Crippen LogP contribution in [0.1, 0.15) is 44.2 Å². The summed E-state index contributed by atoms with van der Waals surface area (Å²) in [7, 11) is 0. The Hall–Kier alpha value is -2.60. The highest BCUT2D eigenvalue weighted by Gasteiger charge is 2.26. The second-order valence-corrected chi connectivity index (χ2v) is 6.93. The lowest BCUT2D eigenvalue weighted by Gasteiger charge is -2.10. The number of benzene rings is 1. The number of carbonyl (C=O) groups is 2. The first-order valence-electron chi connectivity index (χ1n) is 7.81. The van der Waals surface area contributed by atoms with Crippen molar-refractivity contribution in [1.82, 2.24) is 0 Å². The van der Waals surface area contributed by atoms with Crippen LogP contribution in [0.4, 0.5) is 5.00 Å². The summed E-state index contributed by atoms with van der Waals surface area (Å²) in [5.41, 5.74) is 1.74. The van der Waals surface area contributed by atoms with E-state index in [0.717, 1.165) is 41.5 Å². The molecule has 0 radical (unpaired) electrons. The van der Waals surface area contributed by atoms with Crippen LogP contribution in [0.3, 0.4) is 0 Å². The molecule has 0 fully saturated rings. The van der Waals surface area contributed by atoms with Gasteiger partial charge >= 0.3 is 5.97 Å². The van der Waals surface area contributed by atoms with Gasteiger partial charge in [-0.15, -0.1) is 11.3 Å². The molecule has 3 aromatic rings. The molecule has 1 aliphatic carbocycles. The van der Waals surface area contributed by atoms with Gasteiger partial charge in [-0.1, -0.05) is 18.2 Å². The van der Waals surface area contributed by atoms with E-state index < -0.39 is 11.9 Å². The molecule has 5 nitrogen and oxygen atoms in total. The maximum Gasteiger partial charge on any atom is 0.339 e. The first-order chi connectivity index (χ1) is 11.6. The third-order valence-corrected chi connectivity index (χ3v) is 5.47.